The number of alkyl halides is 3. The predicted octanol–water partition coefficient (Wildman–Crippen LogP) is 6.75. The number of esters is 1. The highest BCUT2D eigenvalue weighted by Gasteiger charge is 2.31. The second kappa shape index (κ2) is 7.96. The third-order valence-corrected chi connectivity index (χ3v) is 4.71. The van der Waals surface area contributed by atoms with Crippen molar-refractivity contribution in [3.05, 3.63) is 76.8 Å². The Hall–Kier alpha value is -3.52. The maximum absolute atomic E-state index is 12.8. The average molecular weight is 448 g/mol. The predicted molar refractivity (Wildman–Crippen MR) is 107 cm³/mol. The van der Waals surface area contributed by atoms with E-state index < -0.39 is 17.7 Å². The number of ether oxygens (including phenoxy) is 2. The van der Waals surface area contributed by atoms with Gasteiger partial charge in [0.1, 0.15) is 17.0 Å². The number of hydrogen-bond acceptors (Lipinski definition) is 5. The fraction of sp³-hybridized carbons (Fsp3) is 0.0909. The molecule has 1 aromatic heterocycles. The molecule has 0 fully saturated rings. The molecule has 9 heteroatoms. The van der Waals surface area contributed by atoms with Crippen LogP contribution in [0.4, 0.5) is 13.2 Å². The molecule has 158 valence electrons. The van der Waals surface area contributed by atoms with Crippen LogP contribution in [0.1, 0.15) is 15.9 Å². The minimum absolute atomic E-state index is 0.0600. The fourth-order valence-corrected chi connectivity index (χ4v) is 3.15. The van der Waals surface area contributed by atoms with Crippen molar-refractivity contribution in [3.8, 4) is 23.0 Å². The average Bonchev–Trinajstić information content (AvgIpc) is 3.17. The van der Waals surface area contributed by atoms with Crippen LogP contribution in [-0.2, 0) is 10.9 Å². The highest BCUT2D eigenvalue weighted by Crippen LogP contribution is 2.37. The van der Waals surface area contributed by atoms with Crippen molar-refractivity contribution in [2.24, 2.45) is 0 Å². The van der Waals surface area contributed by atoms with Gasteiger partial charge < -0.3 is 13.9 Å². The Morgan fingerprint density at radius 3 is 2.55 bits per heavy atom. The summed E-state index contributed by atoms with van der Waals surface area (Å²) in [4.78, 5) is 16.4. The standard InChI is InChI=1S/C22H13ClF3NO4/c1-29-21(28)15-5-3-2-4-14(15)20-27-17-8-7-13(11-19(17)31-20)30-18-9-6-12(10-16(18)23)22(24,25)26/h2-11H,1H3. The van der Waals surface area contributed by atoms with Gasteiger partial charge in [-0.2, -0.15) is 13.2 Å². The first kappa shape index (κ1) is 20.7. The Labute approximate surface area is 179 Å². The summed E-state index contributed by atoms with van der Waals surface area (Å²) >= 11 is 5.94. The van der Waals surface area contributed by atoms with E-state index in [0.717, 1.165) is 18.2 Å². The zero-order valence-electron chi connectivity index (χ0n) is 15.9. The van der Waals surface area contributed by atoms with Gasteiger partial charge in [-0.15, -0.1) is 0 Å². The molecule has 3 aromatic carbocycles. The van der Waals surface area contributed by atoms with Crippen LogP contribution in [0.5, 0.6) is 11.5 Å². The van der Waals surface area contributed by atoms with E-state index >= 15 is 0 Å². The van der Waals surface area contributed by atoms with Gasteiger partial charge in [0.15, 0.2) is 5.58 Å². The van der Waals surface area contributed by atoms with Crippen LogP contribution in [0.25, 0.3) is 22.6 Å². The minimum atomic E-state index is -4.50. The molecular formula is C22H13ClF3NO4. The molecule has 0 saturated heterocycles. The van der Waals surface area contributed by atoms with Crippen molar-refractivity contribution in [2.75, 3.05) is 7.11 Å². The summed E-state index contributed by atoms with van der Waals surface area (Å²) in [6.45, 7) is 0. The molecule has 0 atom stereocenters. The Bertz CT molecular complexity index is 1280. The zero-order valence-corrected chi connectivity index (χ0v) is 16.6. The number of fused-ring (bicyclic) bond motifs is 1. The molecule has 0 unspecified atom stereocenters. The van der Waals surface area contributed by atoms with Crippen LogP contribution in [0.2, 0.25) is 5.02 Å². The maximum atomic E-state index is 12.8. The Morgan fingerprint density at radius 1 is 1.06 bits per heavy atom. The van der Waals surface area contributed by atoms with E-state index in [2.05, 4.69) is 4.98 Å². The molecule has 5 nitrogen and oxygen atoms in total. The number of halogens is 4. The number of hydrogen-bond donors (Lipinski definition) is 0. The molecule has 0 spiro atoms. The van der Waals surface area contributed by atoms with Gasteiger partial charge >= 0.3 is 12.1 Å². The normalized spacial score (nSPS) is 11.5. The van der Waals surface area contributed by atoms with E-state index in [-0.39, 0.29) is 22.4 Å². The number of carbonyl (C=O) groups is 1. The first-order valence-corrected chi connectivity index (χ1v) is 9.27. The van der Waals surface area contributed by atoms with Crippen LogP contribution in [0.3, 0.4) is 0 Å². The topological polar surface area (TPSA) is 61.6 Å². The molecule has 0 saturated carbocycles. The van der Waals surface area contributed by atoms with E-state index in [1.165, 1.54) is 13.2 Å². The lowest BCUT2D eigenvalue weighted by atomic mass is 10.1. The molecule has 0 aliphatic carbocycles. The zero-order chi connectivity index (χ0) is 22.2. The third-order valence-electron chi connectivity index (χ3n) is 4.41. The summed E-state index contributed by atoms with van der Waals surface area (Å²) in [6, 6.07) is 14.3. The highest BCUT2D eigenvalue weighted by atomic mass is 35.5. The first-order chi connectivity index (χ1) is 14.8. The molecule has 0 radical (unpaired) electrons. The summed E-state index contributed by atoms with van der Waals surface area (Å²) in [7, 11) is 1.28. The lowest BCUT2D eigenvalue weighted by Gasteiger charge is -2.11. The molecule has 1 heterocycles. The number of benzene rings is 3. The summed E-state index contributed by atoms with van der Waals surface area (Å²) in [6.07, 6.45) is -4.50. The molecule has 0 N–H and O–H groups in total. The number of oxazole rings is 1. The molecule has 0 amide bonds. The van der Waals surface area contributed by atoms with Gasteiger partial charge in [0.05, 0.1) is 28.8 Å². The van der Waals surface area contributed by atoms with Crippen molar-refractivity contribution in [3.63, 3.8) is 0 Å². The maximum Gasteiger partial charge on any atom is 0.416 e. The summed E-state index contributed by atoms with van der Waals surface area (Å²) in [5, 5.41) is -0.180. The molecular weight excluding hydrogens is 435 g/mol. The van der Waals surface area contributed by atoms with Crippen LogP contribution in [-0.4, -0.2) is 18.1 Å². The van der Waals surface area contributed by atoms with Crippen molar-refractivity contribution in [1.29, 1.82) is 0 Å². The Balaban J connectivity index is 1.66. The number of carbonyl (C=O) groups excluding carboxylic acids is 1. The van der Waals surface area contributed by atoms with Crippen LogP contribution >= 0.6 is 11.6 Å². The highest BCUT2D eigenvalue weighted by molar-refractivity contribution is 6.32. The van der Waals surface area contributed by atoms with Gasteiger partial charge in [0.2, 0.25) is 5.89 Å². The molecule has 4 rings (SSSR count). The first-order valence-electron chi connectivity index (χ1n) is 8.89. The van der Waals surface area contributed by atoms with Gasteiger partial charge in [0.25, 0.3) is 0 Å². The number of aromatic nitrogens is 1. The quantitative estimate of drug-likeness (QED) is 0.324. The van der Waals surface area contributed by atoms with E-state index in [0.29, 0.717) is 22.2 Å². The van der Waals surface area contributed by atoms with Gasteiger partial charge in [-0.25, -0.2) is 9.78 Å². The SMILES string of the molecule is COC(=O)c1ccccc1-c1nc2ccc(Oc3ccc(C(F)(F)F)cc3Cl)cc2o1. The van der Waals surface area contributed by atoms with Gasteiger partial charge in [-0.05, 0) is 42.5 Å². The van der Waals surface area contributed by atoms with Crippen molar-refractivity contribution >= 4 is 28.7 Å². The third kappa shape index (κ3) is 4.20. The van der Waals surface area contributed by atoms with Crippen LogP contribution < -0.4 is 4.74 Å². The summed E-state index contributed by atoms with van der Waals surface area (Å²) < 4.78 is 54.6. The van der Waals surface area contributed by atoms with E-state index in [1.54, 1.807) is 36.4 Å². The minimum Gasteiger partial charge on any atom is -0.465 e. The second-order valence-electron chi connectivity index (χ2n) is 6.43. The number of rotatable bonds is 4. The Morgan fingerprint density at radius 2 is 1.84 bits per heavy atom. The van der Waals surface area contributed by atoms with Crippen molar-refractivity contribution in [2.45, 2.75) is 6.18 Å². The van der Waals surface area contributed by atoms with Crippen LogP contribution in [0.15, 0.2) is 65.1 Å². The largest absolute Gasteiger partial charge is 0.465 e. The van der Waals surface area contributed by atoms with Gasteiger partial charge in [0, 0.05) is 6.07 Å². The van der Waals surface area contributed by atoms with Crippen molar-refractivity contribution in [1.82, 2.24) is 4.98 Å². The molecule has 4 aromatic rings. The summed E-state index contributed by atoms with van der Waals surface area (Å²) in [5.74, 6) is 0.0300. The van der Waals surface area contributed by atoms with Gasteiger partial charge in [-0.3, -0.25) is 0 Å². The van der Waals surface area contributed by atoms with E-state index in [1.807, 2.05) is 0 Å². The molecule has 0 bridgehead atoms. The number of methoxy groups -OCH3 is 1. The Kier molecular flexibility index (Phi) is 5.32. The van der Waals surface area contributed by atoms with E-state index in [4.69, 9.17) is 25.5 Å². The fourth-order valence-electron chi connectivity index (χ4n) is 2.93. The second-order valence-corrected chi connectivity index (χ2v) is 6.84. The number of nitrogens with zero attached hydrogens (tertiary/aromatic N) is 1. The lowest BCUT2D eigenvalue weighted by molar-refractivity contribution is -0.137. The van der Waals surface area contributed by atoms with E-state index in [9.17, 15) is 18.0 Å². The van der Waals surface area contributed by atoms with Crippen molar-refractivity contribution < 1.29 is 31.9 Å². The monoisotopic (exact) mass is 447 g/mol. The smallest absolute Gasteiger partial charge is 0.416 e. The molecule has 0 aliphatic heterocycles. The summed E-state index contributed by atoms with van der Waals surface area (Å²) in [5.41, 5.74) is 0.739. The molecule has 0 aliphatic rings. The van der Waals surface area contributed by atoms with Gasteiger partial charge in [-0.1, -0.05) is 23.7 Å². The van der Waals surface area contributed by atoms with Crippen LogP contribution in [0, 0.1) is 0 Å². The lowest BCUT2D eigenvalue weighted by Crippen LogP contribution is -2.04. The molecule has 31 heavy (non-hydrogen) atoms.